The summed E-state index contributed by atoms with van der Waals surface area (Å²) in [5.74, 6) is 0.830. The van der Waals surface area contributed by atoms with Gasteiger partial charge in [0.2, 0.25) is 0 Å². The van der Waals surface area contributed by atoms with E-state index in [0.29, 0.717) is 60.2 Å². The summed E-state index contributed by atoms with van der Waals surface area (Å²) in [6.07, 6.45) is 0.111. The number of cyclic esters (lactones) is 1. The van der Waals surface area contributed by atoms with Gasteiger partial charge in [0.15, 0.2) is 11.5 Å². The van der Waals surface area contributed by atoms with Crippen molar-refractivity contribution in [3.05, 3.63) is 51.3 Å². The van der Waals surface area contributed by atoms with Crippen LogP contribution in [0.5, 0.6) is 11.5 Å². The van der Waals surface area contributed by atoms with Crippen molar-refractivity contribution in [3.8, 4) is 22.9 Å². The van der Waals surface area contributed by atoms with Crippen LogP contribution < -0.4 is 15.0 Å². The summed E-state index contributed by atoms with van der Waals surface area (Å²) in [4.78, 5) is 30.2. The lowest BCUT2D eigenvalue weighted by Gasteiger charge is -2.26. The number of carbonyl (C=O) groups is 1. The molecule has 1 atom stereocenters. The highest BCUT2D eigenvalue weighted by atomic mass is 16.6. The molecule has 0 saturated carbocycles. The second-order valence-electron chi connectivity index (χ2n) is 8.22. The number of hydrogen-bond donors (Lipinski definition) is 1. The van der Waals surface area contributed by atoms with E-state index in [1.165, 1.54) is 0 Å². The monoisotopic (exact) mass is 420 g/mol. The van der Waals surface area contributed by atoms with E-state index >= 15 is 0 Å². The number of fused-ring (bicyclic) bond motifs is 6. The number of esters is 1. The van der Waals surface area contributed by atoms with Crippen LogP contribution in [-0.2, 0) is 28.3 Å². The molecule has 0 saturated heterocycles. The van der Waals surface area contributed by atoms with Gasteiger partial charge < -0.3 is 23.9 Å². The SMILES string of the molecule is CCC1(O)CC(=O)OCc2c1cc1n(c2=O)Cc2cc3cc4c(cc3nc2-1)OCCO4. The average Bonchev–Trinajstić information content (AvgIpc) is 3.06. The molecule has 2 aromatic heterocycles. The third-order valence-electron chi connectivity index (χ3n) is 6.43. The van der Waals surface area contributed by atoms with E-state index in [4.69, 9.17) is 19.2 Å². The third kappa shape index (κ3) is 2.61. The zero-order chi connectivity index (χ0) is 21.3. The maximum atomic E-state index is 13.3. The number of nitrogens with zero attached hydrogens (tertiary/aromatic N) is 2. The molecule has 5 heterocycles. The number of pyridine rings is 2. The summed E-state index contributed by atoms with van der Waals surface area (Å²) in [6.45, 7) is 3.02. The van der Waals surface area contributed by atoms with Gasteiger partial charge in [0, 0.05) is 17.0 Å². The lowest BCUT2D eigenvalue weighted by Crippen LogP contribution is -2.32. The van der Waals surface area contributed by atoms with Gasteiger partial charge in [0.05, 0.1) is 35.4 Å². The lowest BCUT2D eigenvalue weighted by molar-refractivity contribution is -0.149. The largest absolute Gasteiger partial charge is 0.486 e. The van der Waals surface area contributed by atoms with Crippen LogP contribution in [0, 0.1) is 0 Å². The maximum absolute atomic E-state index is 13.3. The van der Waals surface area contributed by atoms with Gasteiger partial charge in [-0.1, -0.05) is 6.92 Å². The zero-order valence-electron chi connectivity index (χ0n) is 16.9. The molecule has 8 nitrogen and oxygen atoms in total. The van der Waals surface area contributed by atoms with Crippen molar-refractivity contribution >= 4 is 16.9 Å². The summed E-state index contributed by atoms with van der Waals surface area (Å²) in [5.41, 5.74) is 2.06. The van der Waals surface area contributed by atoms with Gasteiger partial charge >= 0.3 is 5.97 Å². The molecule has 1 unspecified atom stereocenters. The minimum absolute atomic E-state index is 0.136. The van der Waals surface area contributed by atoms with Crippen molar-refractivity contribution in [2.75, 3.05) is 13.2 Å². The van der Waals surface area contributed by atoms with Crippen molar-refractivity contribution in [3.63, 3.8) is 0 Å². The van der Waals surface area contributed by atoms with E-state index in [2.05, 4.69) is 0 Å². The van der Waals surface area contributed by atoms with E-state index < -0.39 is 11.6 Å². The van der Waals surface area contributed by atoms with E-state index in [9.17, 15) is 14.7 Å². The number of aliphatic hydroxyl groups is 1. The van der Waals surface area contributed by atoms with Crippen LogP contribution in [-0.4, -0.2) is 33.8 Å². The summed E-state index contributed by atoms with van der Waals surface area (Å²) in [7, 11) is 0. The molecule has 0 radical (unpaired) electrons. The predicted octanol–water partition coefficient (Wildman–Crippen LogP) is 2.24. The van der Waals surface area contributed by atoms with E-state index in [1.807, 2.05) is 18.2 Å². The molecule has 3 aliphatic rings. The number of aromatic nitrogens is 2. The van der Waals surface area contributed by atoms with Gasteiger partial charge in [-0.3, -0.25) is 9.59 Å². The van der Waals surface area contributed by atoms with Crippen molar-refractivity contribution in [2.24, 2.45) is 0 Å². The van der Waals surface area contributed by atoms with Crippen molar-refractivity contribution in [1.29, 1.82) is 0 Å². The Morgan fingerprint density at radius 3 is 2.65 bits per heavy atom. The third-order valence-corrected chi connectivity index (χ3v) is 6.43. The fourth-order valence-corrected chi connectivity index (χ4v) is 4.72. The molecule has 0 aliphatic carbocycles. The standard InChI is InChI=1S/C23H20N2O6/c1-2-23(28)9-20(26)31-11-14-15(23)7-17-21-13(10-25(17)22(14)27)5-12-6-18-19(8-16(12)24-21)30-4-3-29-18/h5-8,28H,2-4,9-11H2,1H3. The lowest BCUT2D eigenvalue weighted by atomic mass is 9.85. The van der Waals surface area contributed by atoms with Gasteiger partial charge in [-0.05, 0) is 30.2 Å². The second kappa shape index (κ2) is 6.31. The molecular weight excluding hydrogens is 400 g/mol. The van der Waals surface area contributed by atoms with Crippen molar-refractivity contribution in [2.45, 2.75) is 38.5 Å². The molecule has 0 fully saturated rings. The highest BCUT2D eigenvalue weighted by Gasteiger charge is 2.39. The zero-order valence-corrected chi connectivity index (χ0v) is 16.9. The number of benzene rings is 1. The van der Waals surface area contributed by atoms with Gasteiger partial charge in [-0.2, -0.15) is 0 Å². The molecule has 6 rings (SSSR count). The summed E-state index contributed by atoms with van der Waals surface area (Å²) >= 11 is 0. The van der Waals surface area contributed by atoms with Crippen LogP contribution in [0.1, 0.15) is 36.5 Å². The van der Waals surface area contributed by atoms with Gasteiger partial charge in [-0.25, -0.2) is 4.98 Å². The molecule has 31 heavy (non-hydrogen) atoms. The Kier molecular flexibility index (Phi) is 3.74. The first kappa shape index (κ1) is 18.4. The normalized spacial score (nSPS) is 21.2. The minimum Gasteiger partial charge on any atom is -0.486 e. The molecule has 3 aliphatic heterocycles. The van der Waals surface area contributed by atoms with E-state index in [0.717, 1.165) is 16.5 Å². The van der Waals surface area contributed by atoms with Crippen molar-refractivity contribution in [1.82, 2.24) is 9.55 Å². The van der Waals surface area contributed by atoms with E-state index in [1.54, 1.807) is 17.6 Å². The van der Waals surface area contributed by atoms with Crippen LogP contribution in [0.25, 0.3) is 22.3 Å². The van der Waals surface area contributed by atoms with Crippen LogP contribution in [0.2, 0.25) is 0 Å². The Hall–Kier alpha value is -3.39. The van der Waals surface area contributed by atoms with E-state index in [-0.39, 0.29) is 18.6 Å². The minimum atomic E-state index is -1.44. The molecule has 1 aromatic carbocycles. The number of hydrogen-bond acceptors (Lipinski definition) is 7. The molecule has 8 heteroatoms. The first-order chi connectivity index (χ1) is 15.0. The Morgan fingerprint density at radius 1 is 1.10 bits per heavy atom. The molecule has 1 N–H and O–H groups in total. The Balaban J connectivity index is 1.57. The molecule has 158 valence electrons. The fourth-order valence-electron chi connectivity index (χ4n) is 4.72. The van der Waals surface area contributed by atoms with Gasteiger partial charge in [-0.15, -0.1) is 0 Å². The Labute approximate surface area is 177 Å². The van der Waals surface area contributed by atoms with Crippen LogP contribution in [0.3, 0.4) is 0 Å². The molecular formula is C23H20N2O6. The second-order valence-corrected chi connectivity index (χ2v) is 8.22. The number of ether oxygens (including phenoxy) is 3. The first-order valence-electron chi connectivity index (χ1n) is 10.4. The van der Waals surface area contributed by atoms with Crippen LogP contribution >= 0.6 is 0 Å². The van der Waals surface area contributed by atoms with Gasteiger partial charge in [0.1, 0.15) is 25.4 Å². The Morgan fingerprint density at radius 2 is 1.87 bits per heavy atom. The first-order valence-corrected chi connectivity index (χ1v) is 10.4. The summed E-state index contributed by atoms with van der Waals surface area (Å²) in [5, 5.41) is 12.1. The Bertz CT molecular complexity index is 1340. The van der Waals surface area contributed by atoms with Crippen LogP contribution in [0.15, 0.2) is 29.1 Å². The maximum Gasteiger partial charge on any atom is 0.309 e. The van der Waals surface area contributed by atoms with Gasteiger partial charge in [0.25, 0.3) is 5.56 Å². The fraction of sp³-hybridized carbons (Fsp3) is 0.348. The molecule has 0 bridgehead atoms. The highest BCUT2D eigenvalue weighted by molar-refractivity contribution is 5.87. The smallest absolute Gasteiger partial charge is 0.309 e. The predicted molar refractivity (Wildman–Crippen MR) is 110 cm³/mol. The number of carbonyl (C=O) groups excluding carboxylic acids is 1. The molecule has 0 spiro atoms. The quantitative estimate of drug-likeness (QED) is 0.472. The summed E-state index contributed by atoms with van der Waals surface area (Å²) < 4.78 is 18.2. The molecule has 0 amide bonds. The summed E-state index contributed by atoms with van der Waals surface area (Å²) in [6, 6.07) is 7.57. The number of rotatable bonds is 1. The van der Waals surface area contributed by atoms with Crippen molar-refractivity contribution < 1.29 is 24.1 Å². The average molecular weight is 420 g/mol. The molecule has 3 aromatic rings. The topological polar surface area (TPSA) is 99.9 Å². The highest BCUT2D eigenvalue weighted by Crippen LogP contribution is 2.40. The van der Waals surface area contributed by atoms with Crippen LogP contribution in [0.4, 0.5) is 0 Å².